The predicted molar refractivity (Wildman–Crippen MR) is 189 cm³/mol. The fraction of sp³-hybridized carbons (Fsp3) is 0.763. The molecule has 0 aromatic heterocycles. The molecule has 1 aliphatic heterocycles. The smallest absolute Gasteiger partial charge is 0.220 e. The summed E-state index contributed by atoms with van der Waals surface area (Å²) in [4.78, 5) is 12.8. The van der Waals surface area contributed by atoms with E-state index in [4.69, 9.17) is 9.47 Å². The first-order valence-corrected chi connectivity index (χ1v) is 18.4. The fourth-order valence-corrected chi connectivity index (χ4v) is 5.30. The molecule has 1 saturated heterocycles. The highest BCUT2D eigenvalue weighted by atomic mass is 16.7. The number of aliphatic hydroxyl groups excluding tert-OH is 5. The number of carbonyl (C=O) groups excluding carboxylic acids is 1. The van der Waals surface area contributed by atoms with E-state index in [1.54, 1.807) is 6.08 Å². The van der Waals surface area contributed by atoms with Gasteiger partial charge in [-0.3, -0.25) is 4.79 Å². The van der Waals surface area contributed by atoms with Crippen molar-refractivity contribution in [2.24, 2.45) is 0 Å². The number of nitrogens with one attached hydrogen (secondary N) is 1. The second-order valence-electron chi connectivity index (χ2n) is 12.6. The molecule has 9 heteroatoms. The number of unbranched alkanes of at least 4 members (excludes halogenated alkanes) is 12. The Morgan fingerprint density at radius 1 is 0.723 bits per heavy atom. The Morgan fingerprint density at radius 3 is 1.98 bits per heavy atom. The Kier molecular flexibility index (Phi) is 26.7. The van der Waals surface area contributed by atoms with E-state index in [-0.39, 0.29) is 12.5 Å². The van der Waals surface area contributed by atoms with E-state index < -0.39 is 49.5 Å². The summed E-state index contributed by atoms with van der Waals surface area (Å²) in [6.45, 7) is 3.62. The van der Waals surface area contributed by atoms with E-state index in [9.17, 15) is 30.3 Å². The van der Waals surface area contributed by atoms with E-state index in [1.807, 2.05) is 6.08 Å². The maximum absolute atomic E-state index is 12.8. The van der Waals surface area contributed by atoms with Gasteiger partial charge in [0, 0.05) is 6.42 Å². The van der Waals surface area contributed by atoms with Gasteiger partial charge in [-0.2, -0.15) is 0 Å². The molecular weight excluding hydrogens is 598 g/mol. The maximum atomic E-state index is 12.8. The number of ether oxygens (including phenoxy) is 2. The zero-order valence-electron chi connectivity index (χ0n) is 29.3. The maximum Gasteiger partial charge on any atom is 0.220 e. The molecule has 9 nitrogen and oxygen atoms in total. The molecule has 7 unspecified atom stereocenters. The lowest BCUT2D eigenvalue weighted by Gasteiger charge is -2.40. The Balaban J connectivity index is 2.51. The summed E-state index contributed by atoms with van der Waals surface area (Å²) in [5.74, 6) is -0.208. The Hall–Kier alpha value is -1.85. The van der Waals surface area contributed by atoms with Crippen LogP contribution in [0.4, 0.5) is 0 Å². The molecule has 47 heavy (non-hydrogen) atoms. The van der Waals surface area contributed by atoms with Gasteiger partial charge in [-0.15, -0.1) is 0 Å². The van der Waals surface area contributed by atoms with Crippen molar-refractivity contribution in [3.8, 4) is 0 Å². The highest BCUT2D eigenvalue weighted by molar-refractivity contribution is 5.76. The average molecular weight is 666 g/mol. The predicted octanol–water partition coefficient (Wildman–Crippen LogP) is 5.94. The van der Waals surface area contributed by atoms with E-state index in [0.717, 1.165) is 70.6 Å². The van der Waals surface area contributed by atoms with E-state index in [0.29, 0.717) is 6.42 Å². The Bertz CT molecular complexity index is 874. The van der Waals surface area contributed by atoms with Crippen LogP contribution in [0.25, 0.3) is 0 Å². The number of carbonyl (C=O) groups is 1. The lowest BCUT2D eigenvalue weighted by Crippen LogP contribution is -2.60. The number of amides is 1. The van der Waals surface area contributed by atoms with Crippen LogP contribution in [-0.4, -0.2) is 87.5 Å². The number of allylic oxidation sites excluding steroid dienone is 7. The molecule has 1 rings (SSSR count). The van der Waals surface area contributed by atoms with Gasteiger partial charge in [-0.1, -0.05) is 114 Å². The van der Waals surface area contributed by atoms with Crippen molar-refractivity contribution in [2.75, 3.05) is 13.2 Å². The lowest BCUT2D eigenvalue weighted by molar-refractivity contribution is -0.302. The van der Waals surface area contributed by atoms with Gasteiger partial charge in [0.1, 0.15) is 24.4 Å². The van der Waals surface area contributed by atoms with Crippen LogP contribution in [0.2, 0.25) is 0 Å². The van der Waals surface area contributed by atoms with Crippen LogP contribution in [0, 0.1) is 0 Å². The number of hydrogen-bond donors (Lipinski definition) is 6. The first kappa shape index (κ1) is 43.2. The molecule has 0 aliphatic carbocycles. The summed E-state index contributed by atoms with van der Waals surface area (Å²) in [7, 11) is 0. The monoisotopic (exact) mass is 665 g/mol. The molecule has 0 aromatic rings. The molecule has 0 radical (unpaired) electrons. The molecule has 1 fully saturated rings. The molecule has 0 bridgehead atoms. The summed E-state index contributed by atoms with van der Waals surface area (Å²) in [6, 6.07) is -0.825. The topological polar surface area (TPSA) is 149 Å². The lowest BCUT2D eigenvalue weighted by atomic mass is 9.99. The SMILES string of the molecule is CCCC/C=C\C/C=C\CCCCCCCC(=O)NC(COC1OC(CO)C(O)C(O)C1O)C(O)/C=C/CC/C=C/CCCCCC. The van der Waals surface area contributed by atoms with Crippen LogP contribution < -0.4 is 5.32 Å². The summed E-state index contributed by atoms with van der Waals surface area (Å²) < 4.78 is 11.1. The van der Waals surface area contributed by atoms with E-state index >= 15 is 0 Å². The molecule has 7 atom stereocenters. The van der Waals surface area contributed by atoms with Crippen molar-refractivity contribution in [3.05, 3.63) is 48.6 Å². The van der Waals surface area contributed by atoms with Crippen LogP contribution in [0.3, 0.4) is 0 Å². The van der Waals surface area contributed by atoms with Gasteiger partial charge in [0.2, 0.25) is 5.91 Å². The van der Waals surface area contributed by atoms with Gasteiger partial charge in [0.25, 0.3) is 0 Å². The quantitative estimate of drug-likeness (QED) is 0.0445. The molecular formula is C38H67NO8. The van der Waals surface area contributed by atoms with Crippen molar-refractivity contribution in [3.63, 3.8) is 0 Å². The van der Waals surface area contributed by atoms with Crippen molar-refractivity contribution >= 4 is 5.91 Å². The van der Waals surface area contributed by atoms with Gasteiger partial charge >= 0.3 is 0 Å². The number of hydrogen-bond acceptors (Lipinski definition) is 8. The first-order chi connectivity index (χ1) is 22.8. The second kappa shape index (κ2) is 29.1. The van der Waals surface area contributed by atoms with Crippen LogP contribution in [0.5, 0.6) is 0 Å². The van der Waals surface area contributed by atoms with Crippen LogP contribution in [0.1, 0.15) is 129 Å². The van der Waals surface area contributed by atoms with Gasteiger partial charge in [-0.05, 0) is 57.8 Å². The minimum atomic E-state index is -1.57. The molecule has 1 aliphatic rings. The van der Waals surface area contributed by atoms with Crippen molar-refractivity contribution < 1.29 is 39.8 Å². The van der Waals surface area contributed by atoms with Crippen molar-refractivity contribution in [1.82, 2.24) is 5.32 Å². The van der Waals surface area contributed by atoms with E-state index in [1.165, 1.54) is 38.5 Å². The van der Waals surface area contributed by atoms with Crippen molar-refractivity contribution in [2.45, 2.75) is 172 Å². The van der Waals surface area contributed by atoms with Gasteiger partial charge in [-0.25, -0.2) is 0 Å². The standard InChI is InChI=1S/C38H67NO8/c1-3-5-7-9-11-13-15-16-17-18-20-22-24-26-28-34(42)39-31(30-46-38-37(45)36(44)35(43)33(29-40)47-38)32(41)27-25-23-21-19-14-12-10-8-6-4-2/h9,11,14-16,19,25,27,31-33,35-38,40-41,43-45H,3-8,10,12-13,17-18,20-24,26,28-30H2,1-2H3,(H,39,42)/b11-9-,16-15-,19-14+,27-25+. The third-order valence-corrected chi connectivity index (χ3v) is 8.38. The molecule has 1 heterocycles. The minimum absolute atomic E-state index is 0.208. The van der Waals surface area contributed by atoms with Gasteiger partial charge in [0.15, 0.2) is 6.29 Å². The van der Waals surface area contributed by atoms with Crippen LogP contribution >= 0.6 is 0 Å². The third-order valence-electron chi connectivity index (χ3n) is 8.38. The average Bonchev–Trinajstić information content (AvgIpc) is 3.07. The molecule has 0 saturated carbocycles. The fourth-order valence-electron chi connectivity index (χ4n) is 5.30. The summed E-state index contributed by atoms with van der Waals surface area (Å²) in [5.41, 5.74) is 0. The number of aliphatic hydroxyl groups is 5. The molecule has 1 amide bonds. The summed E-state index contributed by atoms with van der Waals surface area (Å²) >= 11 is 0. The Labute approximate surface area is 284 Å². The zero-order chi connectivity index (χ0) is 34.5. The minimum Gasteiger partial charge on any atom is -0.394 e. The van der Waals surface area contributed by atoms with Crippen LogP contribution in [-0.2, 0) is 14.3 Å². The highest BCUT2D eigenvalue weighted by Crippen LogP contribution is 2.22. The first-order valence-electron chi connectivity index (χ1n) is 18.4. The Morgan fingerprint density at radius 2 is 1.30 bits per heavy atom. The summed E-state index contributed by atoms with van der Waals surface area (Å²) in [5, 5.41) is 53.7. The number of rotatable bonds is 28. The highest BCUT2D eigenvalue weighted by Gasteiger charge is 2.44. The third kappa shape index (κ3) is 21.0. The van der Waals surface area contributed by atoms with Gasteiger partial charge < -0.3 is 40.3 Å². The normalized spacial score (nSPS) is 23.4. The summed E-state index contributed by atoms with van der Waals surface area (Å²) in [6.07, 6.45) is 27.3. The van der Waals surface area contributed by atoms with Crippen LogP contribution in [0.15, 0.2) is 48.6 Å². The molecule has 0 aromatic carbocycles. The van der Waals surface area contributed by atoms with E-state index in [2.05, 4.69) is 55.6 Å². The second-order valence-corrected chi connectivity index (χ2v) is 12.6. The molecule has 272 valence electrons. The molecule has 0 spiro atoms. The van der Waals surface area contributed by atoms with Gasteiger partial charge in [0.05, 0.1) is 25.4 Å². The van der Waals surface area contributed by atoms with Crippen molar-refractivity contribution in [1.29, 1.82) is 0 Å². The zero-order valence-corrected chi connectivity index (χ0v) is 29.3. The largest absolute Gasteiger partial charge is 0.394 e. The molecule has 6 N–H and O–H groups in total.